The number of carbonyl (C=O) groups excluding carboxylic acids is 2. The van der Waals surface area contributed by atoms with Crippen molar-refractivity contribution in [2.45, 2.75) is 31.9 Å². The quantitative estimate of drug-likeness (QED) is 0.232. The number of hydrogen-bond acceptors (Lipinski definition) is 8. The van der Waals surface area contributed by atoms with Gasteiger partial charge in [0.15, 0.2) is 0 Å². The number of hydrogen-bond donors (Lipinski definition) is 4. The molecule has 2 aromatic carbocycles. The third kappa shape index (κ3) is 5.82. The number of benzene rings is 2. The summed E-state index contributed by atoms with van der Waals surface area (Å²) in [4.78, 5) is 41.8. The number of ether oxygens (including phenoxy) is 1. The molecule has 0 spiro atoms. The summed E-state index contributed by atoms with van der Waals surface area (Å²) in [5.41, 5.74) is 5.35. The van der Waals surface area contributed by atoms with E-state index in [0.29, 0.717) is 53.8 Å². The molecule has 232 valence electrons. The van der Waals surface area contributed by atoms with Crippen molar-refractivity contribution < 1.29 is 19.4 Å². The molecule has 3 unspecified atom stereocenters. The molecule has 1 aliphatic heterocycles. The van der Waals surface area contributed by atoms with E-state index in [1.807, 2.05) is 43.3 Å². The van der Waals surface area contributed by atoms with Crippen LogP contribution in [0.15, 0.2) is 59.5 Å². The average molecular weight is 629 g/mol. The van der Waals surface area contributed by atoms with Crippen LogP contribution in [0.4, 0.5) is 5.69 Å². The van der Waals surface area contributed by atoms with Crippen molar-refractivity contribution in [3.8, 4) is 28.3 Å². The third-order valence-corrected chi connectivity index (χ3v) is 8.92. The molecule has 2 amide bonds. The van der Waals surface area contributed by atoms with Gasteiger partial charge in [0.2, 0.25) is 11.8 Å². The van der Waals surface area contributed by atoms with Gasteiger partial charge < -0.3 is 25.8 Å². The van der Waals surface area contributed by atoms with Gasteiger partial charge >= 0.3 is 0 Å². The van der Waals surface area contributed by atoms with Gasteiger partial charge in [0.05, 0.1) is 30.0 Å². The number of amides is 2. The summed E-state index contributed by atoms with van der Waals surface area (Å²) in [6.07, 6.45) is 1.61. The zero-order chi connectivity index (χ0) is 31.8. The first-order valence-electron chi connectivity index (χ1n) is 14.6. The van der Waals surface area contributed by atoms with Gasteiger partial charge in [-0.15, -0.1) is 0 Å². The second-order valence-electron chi connectivity index (χ2n) is 11.4. The molecule has 2 aliphatic rings. The smallest absolute Gasteiger partial charge is 0.279 e. The van der Waals surface area contributed by atoms with Gasteiger partial charge in [-0.3, -0.25) is 14.4 Å². The Hall–Kier alpha value is -4.58. The molecule has 4 aromatic rings. The van der Waals surface area contributed by atoms with Gasteiger partial charge in [-0.1, -0.05) is 41.9 Å². The van der Waals surface area contributed by atoms with Gasteiger partial charge in [-0.2, -0.15) is 5.10 Å². The zero-order valence-electron chi connectivity index (χ0n) is 25.1. The summed E-state index contributed by atoms with van der Waals surface area (Å²) < 4.78 is 6.84. The summed E-state index contributed by atoms with van der Waals surface area (Å²) in [6, 6.07) is 14.1. The van der Waals surface area contributed by atoms with Crippen LogP contribution in [0.1, 0.15) is 39.5 Å². The van der Waals surface area contributed by atoms with Crippen molar-refractivity contribution in [2.75, 3.05) is 25.5 Å². The van der Waals surface area contributed by atoms with E-state index in [4.69, 9.17) is 21.3 Å². The lowest BCUT2D eigenvalue weighted by molar-refractivity contribution is -0.119. The lowest BCUT2D eigenvalue weighted by Crippen LogP contribution is -2.33. The van der Waals surface area contributed by atoms with Crippen LogP contribution in [0.5, 0.6) is 5.88 Å². The van der Waals surface area contributed by atoms with Crippen LogP contribution in [0.3, 0.4) is 0 Å². The highest BCUT2D eigenvalue weighted by atomic mass is 35.5. The minimum Gasteiger partial charge on any atom is -0.481 e. The Labute approximate surface area is 264 Å². The predicted molar refractivity (Wildman–Crippen MR) is 170 cm³/mol. The van der Waals surface area contributed by atoms with Crippen LogP contribution in [-0.2, 0) is 18.3 Å². The second-order valence-corrected chi connectivity index (χ2v) is 11.8. The van der Waals surface area contributed by atoms with Crippen LogP contribution in [0.25, 0.3) is 22.4 Å². The van der Waals surface area contributed by atoms with E-state index in [1.54, 1.807) is 13.2 Å². The number of nitrogens with one attached hydrogen (secondary N) is 3. The number of aromatic nitrogens is 3. The molecule has 3 atom stereocenters. The van der Waals surface area contributed by atoms with Gasteiger partial charge in [0.1, 0.15) is 5.56 Å². The molecule has 6 rings (SSSR count). The van der Waals surface area contributed by atoms with E-state index >= 15 is 0 Å². The van der Waals surface area contributed by atoms with Crippen LogP contribution < -0.4 is 26.2 Å². The Morgan fingerprint density at radius 1 is 1.13 bits per heavy atom. The second kappa shape index (κ2) is 12.4. The number of methoxy groups -OCH3 is 1. The number of rotatable bonds is 8. The lowest BCUT2D eigenvalue weighted by atomic mass is 9.96. The Bertz CT molecular complexity index is 1880. The van der Waals surface area contributed by atoms with Crippen molar-refractivity contribution >= 4 is 29.1 Å². The average Bonchev–Trinajstić information content (AvgIpc) is 3.59. The van der Waals surface area contributed by atoms with Gasteiger partial charge in [0.25, 0.3) is 11.5 Å². The van der Waals surface area contributed by atoms with E-state index in [1.165, 1.54) is 19.3 Å². The molecule has 12 heteroatoms. The topological polar surface area (TPSA) is 147 Å². The van der Waals surface area contributed by atoms with E-state index in [2.05, 4.69) is 21.0 Å². The first-order chi connectivity index (χ1) is 21.7. The predicted octanol–water partition coefficient (Wildman–Crippen LogP) is 3.42. The number of pyridine rings is 1. The maximum Gasteiger partial charge on any atom is 0.279 e. The molecule has 4 N–H and O–H groups in total. The maximum absolute atomic E-state index is 13.0. The molecule has 0 saturated carbocycles. The molecule has 1 aliphatic carbocycles. The number of halogens is 1. The molecule has 1 saturated heterocycles. The van der Waals surface area contributed by atoms with Crippen molar-refractivity contribution in [2.24, 2.45) is 13.0 Å². The Balaban J connectivity index is 1.30. The van der Waals surface area contributed by atoms with Crippen molar-refractivity contribution in [1.29, 1.82) is 0 Å². The summed E-state index contributed by atoms with van der Waals surface area (Å²) in [6.45, 7) is 3.07. The third-order valence-electron chi connectivity index (χ3n) is 8.51. The number of nitrogens with zero attached hydrogens (tertiary/aromatic N) is 3. The Kier molecular flexibility index (Phi) is 8.41. The van der Waals surface area contributed by atoms with Gasteiger partial charge in [-0.05, 0) is 47.7 Å². The molecule has 3 heterocycles. The van der Waals surface area contributed by atoms with E-state index in [9.17, 15) is 19.5 Å². The fourth-order valence-electron chi connectivity index (χ4n) is 6.12. The standard InChI is InChI=1S/C33H33ClN6O5/c1-17-20(6-5-9-24(17)38-31(43)23-10-11-37-40(2)33(23)44)21-7-4-8-22(29(21)34)25-13-19-14-26(41)30(28(19)32(39-25)45-3)36-16-18-12-27(42)35-15-18/h4-11,13,18,26,30,36,41H,12,14-16H2,1-3H3,(H,35,42)(H,38,43). The molecule has 45 heavy (non-hydrogen) atoms. The summed E-state index contributed by atoms with van der Waals surface area (Å²) in [7, 11) is 3.04. The number of aliphatic hydroxyl groups is 1. The lowest BCUT2D eigenvalue weighted by Gasteiger charge is -2.21. The molecule has 11 nitrogen and oxygen atoms in total. The molecule has 1 fully saturated rings. The molecule has 0 radical (unpaired) electrons. The fraction of sp³-hybridized carbons (Fsp3) is 0.303. The fourth-order valence-corrected chi connectivity index (χ4v) is 6.45. The largest absolute Gasteiger partial charge is 0.481 e. The highest BCUT2D eigenvalue weighted by Crippen LogP contribution is 2.43. The van der Waals surface area contributed by atoms with Gasteiger partial charge in [-0.25, -0.2) is 9.67 Å². The van der Waals surface area contributed by atoms with Gasteiger partial charge in [0, 0.05) is 61.6 Å². The van der Waals surface area contributed by atoms with E-state index in [-0.39, 0.29) is 23.4 Å². The normalized spacial score (nSPS) is 18.9. The van der Waals surface area contributed by atoms with Crippen LogP contribution in [0, 0.1) is 12.8 Å². The number of aliphatic hydroxyl groups excluding tert-OH is 1. The van der Waals surface area contributed by atoms with Crippen LogP contribution in [0.2, 0.25) is 5.02 Å². The van der Waals surface area contributed by atoms with Crippen molar-refractivity contribution in [3.63, 3.8) is 0 Å². The number of aryl methyl sites for hydroxylation is 1. The number of fused-ring (bicyclic) bond motifs is 1. The highest BCUT2D eigenvalue weighted by Gasteiger charge is 2.36. The zero-order valence-corrected chi connectivity index (χ0v) is 25.8. The number of carbonyl (C=O) groups is 2. The van der Waals surface area contributed by atoms with Crippen molar-refractivity contribution in [1.82, 2.24) is 25.4 Å². The summed E-state index contributed by atoms with van der Waals surface area (Å²) in [5, 5.41) is 24.4. The Morgan fingerprint density at radius 3 is 2.64 bits per heavy atom. The summed E-state index contributed by atoms with van der Waals surface area (Å²) in [5.74, 6) is 0.0744. The monoisotopic (exact) mass is 628 g/mol. The Morgan fingerprint density at radius 2 is 1.89 bits per heavy atom. The van der Waals surface area contributed by atoms with E-state index in [0.717, 1.165) is 32.5 Å². The van der Waals surface area contributed by atoms with Crippen LogP contribution >= 0.6 is 11.6 Å². The maximum atomic E-state index is 13.0. The first-order valence-corrected chi connectivity index (χ1v) is 15.0. The molecule has 0 bridgehead atoms. The molecular formula is C33H33ClN6O5. The minimum absolute atomic E-state index is 0.0119. The number of anilines is 1. The minimum atomic E-state index is -0.675. The highest BCUT2D eigenvalue weighted by molar-refractivity contribution is 6.36. The first kappa shape index (κ1) is 30.4. The summed E-state index contributed by atoms with van der Waals surface area (Å²) >= 11 is 7.07. The van der Waals surface area contributed by atoms with Crippen molar-refractivity contribution in [3.05, 3.63) is 92.4 Å². The molecule has 2 aromatic heterocycles. The van der Waals surface area contributed by atoms with Crippen LogP contribution in [-0.4, -0.2) is 58.0 Å². The SMILES string of the molecule is COc1nc(-c2cccc(-c3cccc(NC(=O)c4ccnn(C)c4=O)c3C)c2Cl)cc2c1C(NCC1CNC(=O)C1)C(O)C2. The van der Waals surface area contributed by atoms with E-state index < -0.39 is 17.6 Å². The molecular weight excluding hydrogens is 596 g/mol.